The molecule has 1 saturated heterocycles. The number of para-hydroxylation sites is 1. The van der Waals surface area contributed by atoms with Crippen molar-refractivity contribution in [2.45, 2.75) is 18.9 Å². The number of amides is 2. The minimum absolute atomic E-state index is 0.0154. The lowest BCUT2D eigenvalue weighted by molar-refractivity contribution is -0.125. The molecule has 2 aliphatic rings. The molecule has 1 saturated carbocycles. The Morgan fingerprint density at radius 2 is 1.58 bits per heavy atom. The number of hydrogen-bond acceptors (Lipinski definition) is 5. The van der Waals surface area contributed by atoms with E-state index in [1.165, 1.54) is 0 Å². The average Bonchev–Trinajstić information content (AvgIpc) is 3.45. The summed E-state index contributed by atoms with van der Waals surface area (Å²) < 4.78 is 5.56. The average molecular weight is 360 g/mol. The first-order valence-electron chi connectivity index (χ1n) is 9.37. The summed E-state index contributed by atoms with van der Waals surface area (Å²) in [6, 6.07) is 9.98. The van der Waals surface area contributed by atoms with Gasteiger partial charge in [0.1, 0.15) is 12.4 Å². The third-order valence-corrected chi connectivity index (χ3v) is 4.58. The predicted molar refractivity (Wildman–Crippen MR) is 99.0 cm³/mol. The van der Waals surface area contributed by atoms with Gasteiger partial charge in [0.05, 0.1) is 19.6 Å². The molecule has 0 bridgehead atoms. The molecule has 1 aliphatic heterocycles. The van der Waals surface area contributed by atoms with Crippen LogP contribution in [0.4, 0.5) is 0 Å². The van der Waals surface area contributed by atoms with Crippen LogP contribution in [0, 0.1) is 0 Å². The van der Waals surface area contributed by atoms with Gasteiger partial charge in [0.15, 0.2) is 0 Å². The molecule has 1 aromatic carbocycles. The second-order valence-electron chi connectivity index (χ2n) is 6.91. The van der Waals surface area contributed by atoms with Crippen LogP contribution in [-0.2, 0) is 9.59 Å². The minimum atomic E-state index is 0.0154. The van der Waals surface area contributed by atoms with E-state index in [4.69, 9.17) is 4.74 Å². The first-order valence-corrected chi connectivity index (χ1v) is 9.37. The van der Waals surface area contributed by atoms with Gasteiger partial charge >= 0.3 is 0 Å². The van der Waals surface area contributed by atoms with Crippen LogP contribution in [0.5, 0.6) is 5.75 Å². The monoisotopic (exact) mass is 360 g/mol. The quantitative estimate of drug-likeness (QED) is 0.610. The molecular formula is C19H28N4O3. The van der Waals surface area contributed by atoms with Crippen molar-refractivity contribution in [2.75, 3.05) is 52.4 Å². The van der Waals surface area contributed by atoms with Gasteiger partial charge in [0.25, 0.3) is 0 Å². The molecule has 1 heterocycles. The lowest BCUT2D eigenvalue weighted by atomic mass is 10.3. The van der Waals surface area contributed by atoms with Gasteiger partial charge in [-0.25, -0.2) is 0 Å². The van der Waals surface area contributed by atoms with E-state index in [0.29, 0.717) is 32.3 Å². The second-order valence-corrected chi connectivity index (χ2v) is 6.91. The van der Waals surface area contributed by atoms with E-state index < -0.39 is 0 Å². The number of nitrogens with one attached hydrogen (secondary N) is 2. The molecule has 0 unspecified atom stereocenters. The molecule has 142 valence electrons. The topological polar surface area (TPSA) is 73.9 Å². The highest BCUT2D eigenvalue weighted by molar-refractivity contribution is 5.79. The van der Waals surface area contributed by atoms with Crippen LogP contribution >= 0.6 is 0 Å². The largest absolute Gasteiger partial charge is 0.492 e. The van der Waals surface area contributed by atoms with E-state index in [9.17, 15) is 9.59 Å². The van der Waals surface area contributed by atoms with Crippen LogP contribution < -0.4 is 15.4 Å². The molecular weight excluding hydrogens is 332 g/mol. The summed E-state index contributed by atoms with van der Waals surface area (Å²) in [7, 11) is 0. The van der Waals surface area contributed by atoms with Crippen molar-refractivity contribution in [1.82, 2.24) is 20.4 Å². The summed E-state index contributed by atoms with van der Waals surface area (Å²) in [5, 5.41) is 5.90. The molecule has 7 nitrogen and oxygen atoms in total. The molecule has 0 radical (unpaired) electrons. The fourth-order valence-electron chi connectivity index (χ4n) is 2.94. The van der Waals surface area contributed by atoms with Crippen molar-refractivity contribution in [3.8, 4) is 5.75 Å². The Kier molecular flexibility index (Phi) is 6.85. The highest BCUT2D eigenvalue weighted by atomic mass is 16.5. The Bertz CT molecular complexity index is 584. The van der Waals surface area contributed by atoms with Gasteiger partial charge in [-0.05, 0) is 25.0 Å². The molecule has 26 heavy (non-hydrogen) atoms. The zero-order valence-corrected chi connectivity index (χ0v) is 15.2. The van der Waals surface area contributed by atoms with Gasteiger partial charge < -0.3 is 15.4 Å². The maximum atomic E-state index is 12.0. The van der Waals surface area contributed by atoms with Gasteiger partial charge in [-0.3, -0.25) is 19.4 Å². The molecule has 1 aliphatic carbocycles. The maximum absolute atomic E-state index is 12.0. The Balaban J connectivity index is 1.24. The maximum Gasteiger partial charge on any atom is 0.234 e. The molecule has 1 aromatic rings. The Morgan fingerprint density at radius 1 is 0.962 bits per heavy atom. The van der Waals surface area contributed by atoms with Crippen molar-refractivity contribution in [2.24, 2.45) is 0 Å². The van der Waals surface area contributed by atoms with Crippen LogP contribution in [0.15, 0.2) is 30.3 Å². The third-order valence-electron chi connectivity index (χ3n) is 4.58. The number of ether oxygens (including phenoxy) is 1. The number of benzene rings is 1. The SMILES string of the molecule is O=C(CN1CCN(CC(=O)NC2CC2)CC1)NCCOc1ccccc1. The van der Waals surface area contributed by atoms with E-state index in [-0.39, 0.29) is 11.8 Å². The normalized spacial score (nSPS) is 18.3. The van der Waals surface area contributed by atoms with Gasteiger partial charge in [-0.2, -0.15) is 0 Å². The molecule has 2 amide bonds. The van der Waals surface area contributed by atoms with Gasteiger partial charge in [-0.1, -0.05) is 18.2 Å². The van der Waals surface area contributed by atoms with Gasteiger partial charge in [-0.15, -0.1) is 0 Å². The molecule has 0 atom stereocenters. The molecule has 2 fully saturated rings. The number of carbonyl (C=O) groups excluding carboxylic acids is 2. The van der Waals surface area contributed by atoms with Crippen molar-refractivity contribution < 1.29 is 14.3 Å². The standard InChI is InChI=1S/C19H28N4O3/c24-18(20-8-13-26-17-4-2-1-3-5-17)14-22-9-11-23(12-10-22)15-19(25)21-16-6-7-16/h1-5,16H,6-15H2,(H,20,24)(H,21,25). The number of carbonyl (C=O) groups is 2. The molecule has 2 N–H and O–H groups in total. The zero-order valence-electron chi connectivity index (χ0n) is 15.2. The van der Waals surface area contributed by atoms with Crippen molar-refractivity contribution in [3.05, 3.63) is 30.3 Å². The Morgan fingerprint density at radius 3 is 2.19 bits per heavy atom. The Labute approximate surface area is 154 Å². The van der Waals surface area contributed by atoms with Crippen LogP contribution in [0.25, 0.3) is 0 Å². The van der Waals surface area contributed by atoms with Crippen LogP contribution in [0.2, 0.25) is 0 Å². The molecule has 3 rings (SSSR count). The molecule has 7 heteroatoms. The highest BCUT2D eigenvalue weighted by Gasteiger charge is 2.25. The fraction of sp³-hybridized carbons (Fsp3) is 0.579. The van der Waals surface area contributed by atoms with E-state index in [1.54, 1.807) is 0 Å². The summed E-state index contributed by atoms with van der Waals surface area (Å²) in [6.07, 6.45) is 2.23. The summed E-state index contributed by atoms with van der Waals surface area (Å²) in [5.74, 6) is 0.947. The first kappa shape index (κ1) is 18.7. The van der Waals surface area contributed by atoms with E-state index in [1.807, 2.05) is 30.3 Å². The van der Waals surface area contributed by atoms with E-state index >= 15 is 0 Å². The summed E-state index contributed by atoms with van der Waals surface area (Å²) in [6.45, 7) is 5.08. The molecule has 0 spiro atoms. The fourth-order valence-corrected chi connectivity index (χ4v) is 2.94. The highest BCUT2D eigenvalue weighted by Crippen LogP contribution is 2.18. The zero-order chi connectivity index (χ0) is 18.2. The molecule has 0 aromatic heterocycles. The van der Waals surface area contributed by atoms with Gasteiger partial charge in [0.2, 0.25) is 11.8 Å². The number of rotatable bonds is 9. The lowest BCUT2D eigenvalue weighted by Crippen LogP contribution is -2.51. The van der Waals surface area contributed by atoms with Crippen molar-refractivity contribution in [1.29, 1.82) is 0 Å². The van der Waals surface area contributed by atoms with Crippen molar-refractivity contribution >= 4 is 11.8 Å². The first-order chi connectivity index (χ1) is 12.7. The number of piperazine rings is 1. The van der Waals surface area contributed by atoms with E-state index in [0.717, 1.165) is 44.8 Å². The summed E-state index contributed by atoms with van der Waals surface area (Å²) in [4.78, 5) is 28.1. The predicted octanol–water partition coefficient (Wildman–Crippen LogP) is 0.0778. The van der Waals surface area contributed by atoms with Gasteiger partial charge in [0, 0.05) is 32.2 Å². The number of hydrogen-bond donors (Lipinski definition) is 2. The summed E-state index contributed by atoms with van der Waals surface area (Å²) >= 11 is 0. The van der Waals surface area contributed by atoms with Crippen LogP contribution in [0.3, 0.4) is 0 Å². The second kappa shape index (κ2) is 9.54. The smallest absolute Gasteiger partial charge is 0.234 e. The van der Waals surface area contributed by atoms with Crippen LogP contribution in [0.1, 0.15) is 12.8 Å². The summed E-state index contributed by atoms with van der Waals surface area (Å²) in [5.41, 5.74) is 0. The van der Waals surface area contributed by atoms with Crippen LogP contribution in [-0.4, -0.2) is 80.1 Å². The lowest BCUT2D eigenvalue weighted by Gasteiger charge is -2.33. The van der Waals surface area contributed by atoms with Crippen molar-refractivity contribution in [3.63, 3.8) is 0 Å². The third kappa shape index (κ3) is 6.65. The Hall–Kier alpha value is -2.12. The van der Waals surface area contributed by atoms with E-state index in [2.05, 4.69) is 20.4 Å². The number of nitrogens with zero attached hydrogens (tertiary/aromatic N) is 2. The minimum Gasteiger partial charge on any atom is -0.492 e.